The third-order valence-corrected chi connectivity index (χ3v) is 1.67. The molecule has 0 amide bonds. The van der Waals surface area contributed by atoms with Crippen LogP contribution >= 0.6 is 0 Å². The van der Waals surface area contributed by atoms with Gasteiger partial charge in [0.15, 0.2) is 5.69 Å². The van der Waals surface area contributed by atoms with Gasteiger partial charge in [0.1, 0.15) is 11.4 Å². The van der Waals surface area contributed by atoms with E-state index in [-0.39, 0.29) is 0 Å². The van der Waals surface area contributed by atoms with E-state index in [4.69, 9.17) is 5.73 Å². The molecule has 0 spiro atoms. The summed E-state index contributed by atoms with van der Waals surface area (Å²) in [6, 6.07) is 0.348. The summed E-state index contributed by atoms with van der Waals surface area (Å²) in [6.07, 6.45) is -3.10. The molecule has 2 N–H and O–H groups in total. The second kappa shape index (κ2) is 4.22. The van der Waals surface area contributed by atoms with E-state index in [9.17, 15) is 23.3 Å². The van der Waals surface area contributed by atoms with Gasteiger partial charge in [0.25, 0.3) is 6.43 Å². The van der Waals surface area contributed by atoms with Crippen molar-refractivity contribution < 1.29 is 18.1 Å². The highest BCUT2D eigenvalue weighted by Gasteiger charge is 2.25. The maximum Gasteiger partial charge on any atom is 0.366 e. The number of pyridine rings is 1. The van der Waals surface area contributed by atoms with Crippen molar-refractivity contribution in [3.8, 4) is 0 Å². The van der Waals surface area contributed by atoms with Crippen LogP contribution in [0.5, 0.6) is 0 Å². The highest BCUT2D eigenvalue weighted by atomic mass is 19.3. The summed E-state index contributed by atoms with van der Waals surface area (Å²) in [5.74, 6) is -2.20. The van der Waals surface area contributed by atoms with E-state index in [0.717, 1.165) is 0 Å². The van der Waals surface area contributed by atoms with E-state index < -0.39 is 40.8 Å². The molecule has 0 saturated carbocycles. The molecule has 0 atom stereocenters. The van der Waals surface area contributed by atoms with Crippen molar-refractivity contribution in [3.63, 3.8) is 0 Å². The molecule has 0 unspecified atom stereocenters. The lowest BCUT2D eigenvalue weighted by molar-refractivity contribution is -0.389. The van der Waals surface area contributed by atoms with Gasteiger partial charge in [-0.05, 0) is 9.91 Å². The van der Waals surface area contributed by atoms with E-state index >= 15 is 0 Å². The quantitative estimate of drug-likeness (QED) is 0.619. The van der Waals surface area contributed by atoms with Gasteiger partial charge in [0, 0.05) is 0 Å². The molecule has 1 rings (SSSR count). The average molecular weight is 221 g/mol. The molecule has 0 radical (unpaired) electrons. The second-order valence-electron chi connectivity index (χ2n) is 2.58. The first-order chi connectivity index (χ1) is 6.97. The highest BCUT2D eigenvalue weighted by molar-refractivity contribution is 5.31. The van der Waals surface area contributed by atoms with E-state index in [0.29, 0.717) is 6.07 Å². The first-order valence-electron chi connectivity index (χ1n) is 3.79. The number of rotatable bonds is 3. The molecule has 0 aliphatic rings. The minimum Gasteiger partial charge on any atom is -0.358 e. The number of hydrogen-bond acceptors (Lipinski definition) is 4. The number of hydrogen-bond donors (Lipinski definition) is 1. The summed E-state index contributed by atoms with van der Waals surface area (Å²) in [6.45, 7) is -0.488. The number of halogens is 3. The minimum absolute atomic E-state index is 0.348. The lowest BCUT2D eigenvalue weighted by Crippen LogP contribution is -2.09. The van der Waals surface area contributed by atoms with Crippen LogP contribution in [-0.2, 0) is 6.54 Å². The Morgan fingerprint density at radius 2 is 2.20 bits per heavy atom. The van der Waals surface area contributed by atoms with E-state index in [2.05, 4.69) is 4.98 Å². The fraction of sp³-hybridized carbons (Fsp3) is 0.286. The third kappa shape index (κ3) is 2.21. The van der Waals surface area contributed by atoms with Gasteiger partial charge in [0.2, 0.25) is 0 Å². The third-order valence-electron chi connectivity index (χ3n) is 1.67. The topological polar surface area (TPSA) is 82.0 Å². The first-order valence-corrected chi connectivity index (χ1v) is 3.79. The normalized spacial score (nSPS) is 10.7. The molecule has 82 valence electrons. The molecule has 0 bridgehead atoms. The fourth-order valence-corrected chi connectivity index (χ4v) is 1.04. The van der Waals surface area contributed by atoms with Crippen LogP contribution in [0.4, 0.5) is 19.0 Å². The zero-order chi connectivity index (χ0) is 11.6. The maximum atomic E-state index is 13.0. The summed E-state index contributed by atoms with van der Waals surface area (Å²) in [4.78, 5) is 12.5. The van der Waals surface area contributed by atoms with Crippen molar-refractivity contribution in [3.05, 3.63) is 33.3 Å². The molecule has 1 heterocycles. The lowest BCUT2D eigenvalue weighted by Gasteiger charge is -2.03. The van der Waals surface area contributed by atoms with Crippen LogP contribution in [0, 0.1) is 15.9 Å². The summed E-state index contributed by atoms with van der Waals surface area (Å²) >= 11 is 0. The monoisotopic (exact) mass is 221 g/mol. The predicted octanol–water partition coefficient (Wildman–Crippen LogP) is 1.53. The summed E-state index contributed by atoms with van der Waals surface area (Å²) in [5, 5.41) is 10.3. The van der Waals surface area contributed by atoms with Crippen molar-refractivity contribution in [2.75, 3.05) is 0 Å². The van der Waals surface area contributed by atoms with Gasteiger partial charge >= 0.3 is 5.82 Å². The van der Waals surface area contributed by atoms with Gasteiger partial charge in [-0.3, -0.25) is 0 Å². The number of aromatic nitrogens is 1. The molecular formula is C7H6F3N3O2. The summed E-state index contributed by atoms with van der Waals surface area (Å²) in [5.41, 5.74) is 3.55. The molecule has 0 aliphatic carbocycles. The van der Waals surface area contributed by atoms with Crippen LogP contribution in [0.1, 0.15) is 17.7 Å². The molecule has 8 heteroatoms. The maximum absolute atomic E-state index is 13.0. The highest BCUT2D eigenvalue weighted by Crippen LogP contribution is 2.27. The van der Waals surface area contributed by atoms with Crippen LogP contribution in [0.3, 0.4) is 0 Å². The Labute approximate surface area is 81.9 Å². The molecule has 1 aromatic rings. The Hall–Kier alpha value is -1.70. The zero-order valence-electron chi connectivity index (χ0n) is 7.28. The van der Waals surface area contributed by atoms with E-state index in [1.807, 2.05) is 0 Å². The van der Waals surface area contributed by atoms with Gasteiger partial charge in [-0.1, -0.05) is 0 Å². The summed E-state index contributed by atoms with van der Waals surface area (Å²) in [7, 11) is 0. The smallest absolute Gasteiger partial charge is 0.358 e. The molecule has 5 nitrogen and oxygen atoms in total. The van der Waals surface area contributed by atoms with Crippen molar-refractivity contribution >= 4 is 5.82 Å². The van der Waals surface area contributed by atoms with Crippen molar-refractivity contribution in [1.82, 2.24) is 4.98 Å². The van der Waals surface area contributed by atoms with Gasteiger partial charge in [-0.25, -0.2) is 13.2 Å². The SMILES string of the molecule is NCc1nc([N+](=O)[O-])cc(F)c1C(F)F. The second-order valence-corrected chi connectivity index (χ2v) is 2.58. The Kier molecular flexibility index (Phi) is 3.20. The van der Waals surface area contributed by atoms with Crippen molar-refractivity contribution in [1.29, 1.82) is 0 Å². The molecule has 0 aromatic carbocycles. The Balaban J connectivity index is 3.37. The van der Waals surface area contributed by atoms with Crippen LogP contribution < -0.4 is 5.73 Å². The molecule has 0 saturated heterocycles. The van der Waals surface area contributed by atoms with Crippen LogP contribution in [0.25, 0.3) is 0 Å². The Bertz CT molecular complexity index is 397. The molecule has 1 aromatic heterocycles. The number of nitrogens with two attached hydrogens (primary N) is 1. The number of nitro groups is 1. The molecule has 0 aliphatic heterocycles. The van der Waals surface area contributed by atoms with Gasteiger partial charge < -0.3 is 15.8 Å². The fourth-order valence-electron chi connectivity index (χ4n) is 1.04. The molecular weight excluding hydrogens is 215 g/mol. The Morgan fingerprint density at radius 3 is 2.60 bits per heavy atom. The lowest BCUT2D eigenvalue weighted by atomic mass is 10.2. The van der Waals surface area contributed by atoms with Gasteiger partial charge in [-0.2, -0.15) is 0 Å². The Morgan fingerprint density at radius 1 is 1.60 bits per heavy atom. The summed E-state index contributed by atoms with van der Waals surface area (Å²) < 4.78 is 37.6. The number of alkyl halides is 2. The minimum atomic E-state index is -3.10. The average Bonchev–Trinajstić information content (AvgIpc) is 2.15. The van der Waals surface area contributed by atoms with E-state index in [1.165, 1.54) is 0 Å². The molecule has 0 fully saturated rings. The van der Waals surface area contributed by atoms with Gasteiger partial charge in [-0.15, -0.1) is 0 Å². The van der Waals surface area contributed by atoms with Crippen LogP contribution in [0.2, 0.25) is 0 Å². The molecule has 15 heavy (non-hydrogen) atoms. The largest absolute Gasteiger partial charge is 0.366 e. The van der Waals surface area contributed by atoms with Crippen LogP contribution in [0.15, 0.2) is 6.07 Å². The zero-order valence-corrected chi connectivity index (χ0v) is 7.28. The van der Waals surface area contributed by atoms with Crippen molar-refractivity contribution in [2.24, 2.45) is 5.73 Å². The number of nitrogens with zero attached hydrogens (tertiary/aromatic N) is 2. The van der Waals surface area contributed by atoms with Crippen LogP contribution in [-0.4, -0.2) is 9.91 Å². The van der Waals surface area contributed by atoms with Crippen molar-refractivity contribution in [2.45, 2.75) is 13.0 Å². The standard InChI is InChI=1S/C7H6F3N3O2/c8-3-1-5(13(14)15)12-4(2-11)6(3)7(9)10/h1,7H,2,11H2. The van der Waals surface area contributed by atoms with Gasteiger partial charge in [0.05, 0.1) is 12.6 Å². The predicted molar refractivity (Wildman–Crippen MR) is 43.7 cm³/mol. The first kappa shape index (κ1) is 11.4. The van der Waals surface area contributed by atoms with E-state index in [1.54, 1.807) is 0 Å².